The molecule has 0 atom stereocenters. The first-order valence-electron chi connectivity index (χ1n) is 5.69. The topological polar surface area (TPSA) is 82.5 Å². The zero-order valence-electron chi connectivity index (χ0n) is 10.6. The van der Waals surface area contributed by atoms with Crippen LogP contribution in [-0.4, -0.2) is 43.0 Å². The molecule has 0 aliphatic rings. The predicted molar refractivity (Wildman–Crippen MR) is 69.1 cm³/mol. The van der Waals surface area contributed by atoms with Gasteiger partial charge in [0.05, 0.1) is 0 Å². The van der Waals surface area contributed by atoms with Crippen LogP contribution in [0.5, 0.6) is 0 Å². The summed E-state index contributed by atoms with van der Waals surface area (Å²) in [7, 11) is -2.02. The second kappa shape index (κ2) is 6.79. The van der Waals surface area contributed by atoms with Crippen LogP contribution < -0.4 is 4.72 Å². The summed E-state index contributed by atoms with van der Waals surface area (Å²) in [5.41, 5.74) is 1.70. The number of aromatic nitrogens is 1. The number of aliphatic hydroxyl groups is 1. The number of aryl methyl sites for hydroxylation is 1. The van der Waals surface area contributed by atoms with Gasteiger partial charge in [-0.1, -0.05) is 6.07 Å². The zero-order chi connectivity index (χ0) is 13.6. The van der Waals surface area contributed by atoms with Crippen molar-refractivity contribution >= 4 is 10.2 Å². The molecule has 0 fully saturated rings. The molecule has 0 aliphatic heterocycles. The quantitative estimate of drug-likeness (QED) is 0.735. The third-order valence-corrected chi connectivity index (χ3v) is 3.99. The normalized spacial score (nSPS) is 12.0. The molecule has 1 rings (SSSR count). The van der Waals surface area contributed by atoms with Gasteiger partial charge in [-0.25, -0.2) is 0 Å². The third-order valence-electron chi connectivity index (χ3n) is 2.47. The van der Waals surface area contributed by atoms with E-state index in [9.17, 15) is 8.42 Å². The lowest BCUT2D eigenvalue weighted by Crippen LogP contribution is -2.38. The van der Waals surface area contributed by atoms with E-state index in [-0.39, 0.29) is 19.7 Å². The lowest BCUT2D eigenvalue weighted by molar-refractivity contribution is 0.275. The van der Waals surface area contributed by atoms with Crippen LogP contribution in [0.3, 0.4) is 0 Å². The molecular weight excluding hydrogens is 254 g/mol. The molecule has 1 aromatic heterocycles. The van der Waals surface area contributed by atoms with Gasteiger partial charge in [0.2, 0.25) is 0 Å². The summed E-state index contributed by atoms with van der Waals surface area (Å²) < 4.78 is 27.2. The molecule has 102 valence electrons. The molecule has 1 aromatic rings. The molecule has 18 heavy (non-hydrogen) atoms. The molecule has 0 saturated carbocycles. The summed E-state index contributed by atoms with van der Waals surface area (Å²) in [6.07, 6.45) is 2.06. The number of hydrogen-bond acceptors (Lipinski definition) is 4. The van der Waals surface area contributed by atoms with Gasteiger partial charge in [-0.2, -0.15) is 17.4 Å². The van der Waals surface area contributed by atoms with Crippen LogP contribution in [0.25, 0.3) is 0 Å². The number of rotatable bonds is 7. The second-order valence-corrected chi connectivity index (χ2v) is 5.89. The van der Waals surface area contributed by atoms with Gasteiger partial charge in [0.1, 0.15) is 0 Å². The van der Waals surface area contributed by atoms with E-state index in [2.05, 4.69) is 9.71 Å². The predicted octanol–water partition coefficient (Wildman–Crippen LogP) is 0.0386. The summed E-state index contributed by atoms with van der Waals surface area (Å²) in [6.45, 7) is 2.34. The van der Waals surface area contributed by atoms with E-state index >= 15 is 0 Å². The fraction of sp³-hybridized carbons (Fsp3) is 0.545. The molecule has 0 saturated heterocycles. The van der Waals surface area contributed by atoms with Crippen LogP contribution in [-0.2, 0) is 16.8 Å². The highest BCUT2D eigenvalue weighted by Crippen LogP contribution is 2.01. The summed E-state index contributed by atoms with van der Waals surface area (Å²) in [5.74, 6) is 0. The van der Waals surface area contributed by atoms with Crippen molar-refractivity contribution in [3.63, 3.8) is 0 Å². The Morgan fingerprint density at radius 2 is 2.17 bits per heavy atom. The maximum Gasteiger partial charge on any atom is 0.279 e. The molecule has 0 aromatic carbocycles. The van der Waals surface area contributed by atoms with Gasteiger partial charge in [0.15, 0.2) is 0 Å². The fourth-order valence-corrected chi connectivity index (χ4v) is 2.24. The Bertz CT molecular complexity index is 459. The van der Waals surface area contributed by atoms with E-state index in [0.717, 1.165) is 11.3 Å². The third kappa shape index (κ3) is 4.69. The first kappa shape index (κ1) is 15.0. The van der Waals surface area contributed by atoms with Crippen molar-refractivity contribution in [3.05, 3.63) is 29.6 Å². The van der Waals surface area contributed by atoms with Crippen molar-refractivity contribution in [1.29, 1.82) is 0 Å². The average molecular weight is 273 g/mol. The Hall–Kier alpha value is -1.02. The summed E-state index contributed by atoms with van der Waals surface area (Å²) >= 11 is 0. The van der Waals surface area contributed by atoms with Gasteiger partial charge in [-0.3, -0.25) is 4.98 Å². The molecular formula is C11H19N3O3S. The van der Waals surface area contributed by atoms with E-state index < -0.39 is 10.2 Å². The monoisotopic (exact) mass is 273 g/mol. The molecule has 0 spiro atoms. The van der Waals surface area contributed by atoms with Gasteiger partial charge in [-0.15, -0.1) is 0 Å². The first-order chi connectivity index (χ1) is 8.45. The highest BCUT2D eigenvalue weighted by atomic mass is 32.2. The Morgan fingerprint density at radius 1 is 1.44 bits per heavy atom. The Labute approximate surface area is 108 Å². The average Bonchev–Trinajstić information content (AvgIpc) is 2.35. The van der Waals surface area contributed by atoms with Crippen molar-refractivity contribution in [2.24, 2.45) is 0 Å². The van der Waals surface area contributed by atoms with E-state index in [1.807, 2.05) is 19.1 Å². The lowest BCUT2D eigenvalue weighted by Gasteiger charge is -2.17. The van der Waals surface area contributed by atoms with Crippen LogP contribution in [0.1, 0.15) is 17.7 Å². The second-order valence-electron chi connectivity index (χ2n) is 4.03. The van der Waals surface area contributed by atoms with Gasteiger partial charge in [-0.05, 0) is 25.0 Å². The van der Waals surface area contributed by atoms with Crippen molar-refractivity contribution in [2.75, 3.05) is 20.2 Å². The highest BCUT2D eigenvalue weighted by Gasteiger charge is 2.16. The number of nitrogens with one attached hydrogen (secondary N) is 1. The highest BCUT2D eigenvalue weighted by molar-refractivity contribution is 7.87. The fourth-order valence-electron chi connectivity index (χ4n) is 1.30. The number of pyridine rings is 1. The summed E-state index contributed by atoms with van der Waals surface area (Å²) in [6, 6.07) is 3.66. The minimum Gasteiger partial charge on any atom is -0.396 e. The van der Waals surface area contributed by atoms with E-state index in [4.69, 9.17) is 5.11 Å². The maximum atomic E-state index is 11.8. The van der Waals surface area contributed by atoms with Crippen LogP contribution in [0.2, 0.25) is 0 Å². The number of aliphatic hydroxyl groups excluding tert-OH is 1. The maximum absolute atomic E-state index is 11.8. The molecule has 0 aliphatic carbocycles. The van der Waals surface area contributed by atoms with E-state index in [1.165, 1.54) is 11.4 Å². The van der Waals surface area contributed by atoms with E-state index in [0.29, 0.717) is 6.42 Å². The Morgan fingerprint density at radius 3 is 2.72 bits per heavy atom. The minimum atomic E-state index is -3.50. The van der Waals surface area contributed by atoms with Gasteiger partial charge < -0.3 is 5.11 Å². The zero-order valence-corrected chi connectivity index (χ0v) is 11.4. The van der Waals surface area contributed by atoms with Crippen molar-refractivity contribution in [2.45, 2.75) is 19.9 Å². The SMILES string of the molecule is Cc1ccc(CNS(=O)(=O)N(C)CCCO)cn1. The smallest absolute Gasteiger partial charge is 0.279 e. The van der Waals surface area contributed by atoms with Crippen LogP contribution in [0.4, 0.5) is 0 Å². The number of nitrogens with zero attached hydrogens (tertiary/aromatic N) is 2. The first-order valence-corrected chi connectivity index (χ1v) is 7.13. The van der Waals surface area contributed by atoms with Gasteiger partial charge in [0, 0.05) is 38.6 Å². The van der Waals surface area contributed by atoms with Gasteiger partial charge in [0.25, 0.3) is 10.2 Å². The Balaban J connectivity index is 2.53. The molecule has 7 heteroatoms. The molecule has 0 amide bonds. The minimum absolute atomic E-state index is 0.0260. The number of hydrogen-bond donors (Lipinski definition) is 2. The standard InChI is InChI=1S/C11H19N3O3S/c1-10-4-5-11(8-12-10)9-13-18(16,17)14(2)6-3-7-15/h4-5,8,13,15H,3,6-7,9H2,1-2H3. The van der Waals surface area contributed by atoms with Crippen LogP contribution in [0, 0.1) is 6.92 Å². The molecule has 0 bridgehead atoms. The van der Waals surface area contributed by atoms with E-state index in [1.54, 1.807) is 6.20 Å². The molecule has 0 radical (unpaired) electrons. The molecule has 6 nitrogen and oxygen atoms in total. The Kier molecular flexibility index (Phi) is 5.67. The van der Waals surface area contributed by atoms with Crippen molar-refractivity contribution in [1.82, 2.24) is 14.0 Å². The summed E-state index contributed by atoms with van der Waals surface area (Å²) in [4.78, 5) is 4.09. The summed E-state index contributed by atoms with van der Waals surface area (Å²) in [5, 5.41) is 8.66. The van der Waals surface area contributed by atoms with Crippen LogP contribution >= 0.6 is 0 Å². The van der Waals surface area contributed by atoms with Crippen LogP contribution in [0.15, 0.2) is 18.3 Å². The molecule has 1 heterocycles. The molecule has 2 N–H and O–H groups in total. The van der Waals surface area contributed by atoms with Crippen molar-refractivity contribution < 1.29 is 13.5 Å². The van der Waals surface area contributed by atoms with Crippen molar-refractivity contribution in [3.8, 4) is 0 Å². The molecule has 0 unspecified atom stereocenters. The lowest BCUT2D eigenvalue weighted by atomic mass is 10.2. The van der Waals surface area contributed by atoms with Gasteiger partial charge >= 0.3 is 0 Å². The largest absolute Gasteiger partial charge is 0.396 e.